The number of hydrogen-bond acceptors (Lipinski definition) is 6. The predicted molar refractivity (Wildman–Crippen MR) is 128 cm³/mol. The zero-order valence-electron chi connectivity index (χ0n) is 19.3. The van der Waals surface area contributed by atoms with E-state index >= 15 is 0 Å². The Bertz CT molecular complexity index is 1290. The summed E-state index contributed by atoms with van der Waals surface area (Å²) < 4.78 is 17.0. The van der Waals surface area contributed by atoms with Crippen LogP contribution in [0.15, 0.2) is 66.4 Å². The molecule has 2 heterocycles. The number of carbonyl (C=O) groups excluding carboxylic acids is 2. The van der Waals surface area contributed by atoms with Gasteiger partial charge in [0.2, 0.25) is 5.78 Å². The Balaban J connectivity index is 1.45. The number of esters is 1. The van der Waals surface area contributed by atoms with Crippen molar-refractivity contribution >= 4 is 17.8 Å². The molecule has 6 heteroatoms. The molecular weight excluding hydrogens is 430 g/mol. The second kappa shape index (κ2) is 8.80. The minimum Gasteiger partial charge on any atom is -0.478 e. The van der Waals surface area contributed by atoms with Crippen LogP contribution in [0, 0.1) is 6.92 Å². The van der Waals surface area contributed by atoms with Crippen LogP contribution in [0.3, 0.4) is 0 Å². The van der Waals surface area contributed by atoms with Crippen molar-refractivity contribution in [3.05, 3.63) is 99.8 Å². The molecule has 5 rings (SSSR count). The van der Waals surface area contributed by atoms with Crippen LogP contribution in [0.25, 0.3) is 6.08 Å². The maximum Gasteiger partial charge on any atom is 0.337 e. The smallest absolute Gasteiger partial charge is 0.337 e. The topological polar surface area (TPSA) is 65.1 Å². The normalized spacial score (nSPS) is 16.9. The average Bonchev–Trinajstić information content (AvgIpc) is 3.20. The van der Waals surface area contributed by atoms with E-state index in [-0.39, 0.29) is 17.6 Å². The molecule has 0 amide bonds. The van der Waals surface area contributed by atoms with Gasteiger partial charge in [0.05, 0.1) is 23.8 Å². The minimum absolute atomic E-state index is 0.145. The van der Waals surface area contributed by atoms with E-state index in [0.29, 0.717) is 30.2 Å². The third kappa shape index (κ3) is 3.86. The van der Waals surface area contributed by atoms with E-state index in [4.69, 9.17) is 14.2 Å². The quantitative estimate of drug-likeness (QED) is 0.392. The summed E-state index contributed by atoms with van der Waals surface area (Å²) in [6.45, 7) is 5.12. The summed E-state index contributed by atoms with van der Waals surface area (Å²) in [6.07, 6.45) is 1.70. The molecule has 0 saturated heterocycles. The van der Waals surface area contributed by atoms with Gasteiger partial charge in [0.15, 0.2) is 5.76 Å². The number of benzene rings is 3. The third-order valence-electron chi connectivity index (χ3n) is 6.41. The van der Waals surface area contributed by atoms with Gasteiger partial charge >= 0.3 is 5.97 Å². The number of rotatable bonds is 4. The van der Waals surface area contributed by atoms with Gasteiger partial charge in [-0.1, -0.05) is 42.5 Å². The van der Waals surface area contributed by atoms with Crippen molar-refractivity contribution in [1.29, 1.82) is 0 Å². The minimum atomic E-state index is -0.406. The Kier molecular flexibility index (Phi) is 5.67. The molecule has 0 N–H and O–H groups in total. The van der Waals surface area contributed by atoms with Crippen molar-refractivity contribution in [3.8, 4) is 11.5 Å². The molecule has 0 aromatic heterocycles. The Morgan fingerprint density at radius 2 is 1.85 bits per heavy atom. The van der Waals surface area contributed by atoms with Crippen molar-refractivity contribution < 1.29 is 23.8 Å². The monoisotopic (exact) mass is 455 g/mol. The number of hydrogen-bond donors (Lipinski definition) is 0. The lowest BCUT2D eigenvalue weighted by Gasteiger charge is -2.34. The van der Waals surface area contributed by atoms with Crippen molar-refractivity contribution in [3.63, 3.8) is 0 Å². The first-order chi connectivity index (χ1) is 16.5. The van der Waals surface area contributed by atoms with E-state index in [2.05, 4.69) is 24.0 Å². The summed E-state index contributed by atoms with van der Waals surface area (Å²) in [5.74, 6) is 1.02. The Hall–Kier alpha value is -3.90. The average molecular weight is 456 g/mol. The fourth-order valence-electron chi connectivity index (χ4n) is 4.42. The second-order valence-corrected chi connectivity index (χ2v) is 8.53. The second-order valence-electron chi connectivity index (χ2n) is 8.53. The van der Waals surface area contributed by atoms with E-state index in [1.165, 1.54) is 12.7 Å². The molecule has 0 radical (unpaired) electrons. The number of carbonyl (C=O) groups is 2. The number of allylic oxidation sites excluding steroid dienone is 1. The Morgan fingerprint density at radius 3 is 2.56 bits per heavy atom. The van der Waals surface area contributed by atoms with Crippen molar-refractivity contribution in [2.75, 3.05) is 13.8 Å². The first-order valence-electron chi connectivity index (χ1n) is 11.2. The highest BCUT2D eigenvalue weighted by atomic mass is 16.5. The lowest BCUT2D eigenvalue weighted by atomic mass is 9.97. The predicted octanol–water partition coefficient (Wildman–Crippen LogP) is 5.31. The summed E-state index contributed by atoms with van der Waals surface area (Å²) in [7, 11) is 1.34. The lowest BCUT2D eigenvalue weighted by molar-refractivity contribution is 0.0599. The van der Waals surface area contributed by atoms with Crippen LogP contribution in [0.4, 0.5) is 0 Å². The molecule has 0 bridgehead atoms. The standard InChI is InChI=1S/C28H25NO5/c1-17-13-23-22(15-29(16-33-23)18(2)20-7-5-4-6-8-20)27-25(17)26(30)24(34-27)14-19-9-11-21(12-10-19)28(31)32-3/h4-14,18H,15-16H2,1-3H3/b24-14-. The summed E-state index contributed by atoms with van der Waals surface area (Å²) in [5.41, 5.74) is 4.69. The van der Waals surface area contributed by atoms with Crippen LogP contribution >= 0.6 is 0 Å². The SMILES string of the molecule is COC(=O)c1ccc(/C=C2\Oc3c4c(cc(C)c3C2=O)OCN(C(C)c2ccccc2)C4)cc1. The van der Waals surface area contributed by atoms with Gasteiger partial charge in [-0.2, -0.15) is 0 Å². The molecule has 172 valence electrons. The number of nitrogens with zero attached hydrogens (tertiary/aromatic N) is 1. The van der Waals surface area contributed by atoms with Crippen LogP contribution in [0.2, 0.25) is 0 Å². The van der Waals surface area contributed by atoms with Gasteiger partial charge in [0.25, 0.3) is 0 Å². The zero-order valence-corrected chi connectivity index (χ0v) is 19.3. The van der Waals surface area contributed by atoms with Gasteiger partial charge in [-0.25, -0.2) is 4.79 Å². The summed E-state index contributed by atoms with van der Waals surface area (Å²) in [6, 6.07) is 19.2. The fraction of sp³-hybridized carbons (Fsp3) is 0.214. The van der Waals surface area contributed by atoms with Gasteiger partial charge in [0.1, 0.15) is 18.2 Å². The third-order valence-corrected chi connectivity index (χ3v) is 6.41. The summed E-state index contributed by atoms with van der Waals surface area (Å²) >= 11 is 0. The number of Topliss-reactive ketones (excluding diaryl/α,β-unsaturated/α-hetero) is 1. The molecule has 1 unspecified atom stereocenters. The van der Waals surface area contributed by atoms with Gasteiger partial charge in [-0.15, -0.1) is 0 Å². The maximum absolute atomic E-state index is 13.2. The number of fused-ring (bicyclic) bond motifs is 3. The van der Waals surface area contributed by atoms with Crippen LogP contribution in [0.1, 0.15) is 55.9 Å². The number of aryl methyl sites for hydroxylation is 1. The maximum atomic E-state index is 13.2. The van der Waals surface area contributed by atoms with E-state index in [9.17, 15) is 9.59 Å². The molecule has 0 saturated carbocycles. The molecule has 0 fully saturated rings. The van der Waals surface area contributed by atoms with Crippen LogP contribution < -0.4 is 9.47 Å². The highest BCUT2D eigenvalue weighted by molar-refractivity contribution is 6.16. The largest absolute Gasteiger partial charge is 0.478 e. The molecule has 2 aliphatic heterocycles. The highest BCUT2D eigenvalue weighted by Crippen LogP contribution is 2.45. The van der Waals surface area contributed by atoms with E-state index < -0.39 is 5.97 Å². The van der Waals surface area contributed by atoms with Crippen molar-refractivity contribution in [2.24, 2.45) is 0 Å². The first-order valence-corrected chi connectivity index (χ1v) is 11.2. The fourth-order valence-corrected chi connectivity index (χ4v) is 4.42. The molecule has 3 aromatic carbocycles. The lowest BCUT2D eigenvalue weighted by Crippen LogP contribution is -2.34. The molecule has 2 aliphatic rings. The molecule has 0 aliphatic carbocycles. The van der Waals surface area contributed by atoms with Crippen molar-refractivity contribution in [2.45, 2.75) is 26.4 Å². The van der Waals surface area contributed by atoms with Crippen molar-refractivity contribution in [1.82, 2.24) is 4.90 Å². The van der Waals surface area contributed by atoms with Gasteiger partial charge in [-0.05, 0) is 54.8 Å². The molecule has 6 nitrogen and oxygen atoms in total. The number of ether oxygens (including phenoxy) is 3. The molecule has 3 aromatic rings. The molecule has 1 atom stereocenters. The first kappa shape index (κ1) is 21.9. The van der Waals surface area contributed by atoms with Crippen LogP contribution in [-0.2, 0) is 11.3 Å². The summed E-state index contributed by atoms with van der Waals surface area (Å²) in [4.78, 5) is 27.1. The Labute approximate surface area is 198 Å². The summed E-state index contributed by atoms with van der Waals surface area (Å²) in [5, 5.41) is 0. The molecular formula is C28H25NO5. The molecule has 0 spiro atoms. The van der Waals surface area contributed by atoms with Gasteiger partial charge < -0.3 is 14.2 Å². The van der Waals surface area contributed by atoms with E-state index in [1.54, 1.807) is 30.3 Å². The Morgan fingerprint density at radius 1 is 1.12 bits per heavy atom. The van der Waals surface area contributed by atoms with Gasteiger partial charge in [0, 0.05) is 12.6 Å². The highest BCUT2D eigenvalue weighted by Gasteiger charge is 2.36. The van der Waals surface area contributed by atoms with Crippen LogP contribution in [-0.4, -0.2) is 30.5 Å². The van der Waals surface area contributed by atoms with Crippen LogP contribution in [0.5, 0.6) is 11.5 Å². The van der Waals surface area contributed by atoms with E-state index in [1.807, 2.05) is 31.2 Å². The van der Waals surface area contributed by atoms with E-state index in [0.717, 1.165) is 22.4 Å². The van der Waals surface area contributed by atoms with Gasteiger partial charge in [-0.3, -0.25) is 9.69 Å². The number of ketones is 1. The molecule has 34 heavy (non-hydrogen) atoms. The number of methoxy groups -OCH3 is 1. The zero-order chi connectivity index (χ0) is 23.8.